The average Bonchev–Trinajstić information content (AvgIpc) is 3.99. The molecule has 0 atom stereocenters. The predicted molar refractivity (Wildman–Crippen MR) is 237 cm³/mol. The second kappa shape index (κ2) is 12.8. The molecule has 0 aliphatic carbocycles. The van der Waals surface area contributed by atoms with E-state index in [0.29, 0.717) is 11.5 Å². The van der Waals surface area contributed by atoms with Gasteiger partial charge in [-0.3, -0.25) is 0 Å². The molecule has 5 nitrogen and oxygen atoms in total. The maximum atomic E-state index is 6.44. The van der Waals surface area contributed by atoms with Crippen molar-refractivity contribution in [3.8, 4) is 33.7 Å². The SMILES string of the molecule is c1ccc(-c2nc3cc4c(cc3o2)oc2cc(-c3ccc(N(c5ccc(-c6cccc7ccccc67)cc5)c5cccc6oc7ccccc7c56)cc3)ccc24)cc1. The summed E-state index contributed by atoms with van der Waals surface area (Å²) in [4.78, 5) is 7.12. The molecule has 0 saturated carbocycles. The van der Waals surface area contributed by atoms with Crippen molar-refractivity contribution >= 4 is 82.8 Å². The summed E-state index contributed by atoms with van der Waals surface area (Å²) in [5.74, 6) is 0.601. The Morgan fingerprint density at radius 1 is 0.362 bits per heavy atom. The van der Waals surface area contributed by atoms with Gasteiger partial charge in [0.15, 0.2) is 5.58 Å². The van der Waals surface area contributed by atoms with E-state index in [0.717, 1.165) is 83.1 Å². The van der Waals surface area contributed by atoms with E-state index in [4.69, 9.17) is 18.2 Å². The molecular weight excluding hydrogens is 713 g/mol. The van der Waals surface area contributed by atoms with E-state index >= 15 is 0 Å². The standard InChI is InChI=1S/C53H32N2O3/c1-2-11-36(12-3-1)53-54-45-31-44-42-29-24-37(30-49(42)57-50(44)32-51(45)58-53)33-20-25-38(26-21-33)55(46-17-9-19-48-52(46)43-15-6-7-18-47(43)56-48)39-27-22-35(23-28-39)41-16-8-13-34-10-4-5-14-40(34)41/h1-32H. The lowest BCUT2D eigenvalue weighted by Gasteiger charge is -2.26. The van der Waals surface area contributed by atoms with Crippen molar-refractivity contribution in [3.05, 3.63) is 194 Å². The van der Waals surface area contributed by atoms with Gasteiger partial charge in [-0.15, -0.1) is 0 Å². The van der Waals surface area contributed by atoms with Crippen LogP contribution in [-0.4, -0.2) is 4.98 Å². The van der Waals surface area contributed by atoms with Crippen LogP contribution in [0.4, 0.5) is 17.1 Å². The number of nitrogens with zero attached hydrogens (tertiary/aromatic N) is 2. The van der Waals surface area contributed by atoms with Gasteiger partial charge in [-0.1, -0.05) is 115 Å². The summed E-state index contributed by atoms with van der Waals surface area (Å²) in [6.45, 7) is 0. The molecular formula is C53H32N2O3. The van der Waals surface area contributed by atoms with Crippen LogP contribution in [0.2, 0.25) is 0 Å². The molecule has 0 saturated heterocycles. The second-order valence-corrected chi connectivity index (χ2v) is 14.7. The minimum Gasteiger partial charge on any atom is -0.456 e. The molecule has 0 spiro atoms. The fraction of sp³-hybridized carbons (Fsp3) is 0. The van der Waals surface area contributed by atoms with Gasteiger partial charge in [-0.2, -0.15) is 0 Å². The Morgan fingerprint density at radius 2 is 1.02 bits per heavy atom. The lowest BCUT2D eigenvalue weighted by Crippen LogP contribution is -2.10. The Hall–Kier alpha value is -7.89. The number of benzene rings is 9. The van der Waals surface area contributed by atoms with Gasteiger partial charge in [-0.25, -0.2) is 4.98 Å². The molecule has 3 aromatic heterocycles. The van der Waals surface area contributed by atoms with E-state index in [2.05, 4.69) is 144 Å². The average molecular weight is 745 g/mol. The highest BCUT2D eigenvalue weighted by atomic mass is 16.4. The van der Waals surface area contributed by atoms with E-state index in [-0.39, 0.29) is 0 Å². The molecule has 0 bridgehead atoms. The Kier molecular flexibility index (Phi) is 7.16. The number of rotatable bonds is 6. The zero-order valence-corrected chi connectivity index (χ0v) is 31.1. The van der Waals surface area contributed by atoms with Crippen LogP contribution in [0.5, 0.6) is 0 Å². The number of oxazole rings is 1. The lowest BCUT2D eigenvalue weighted by atomic mass is 9.98. The van der Waals surface area contributed by atoms with Crippen molar-refractivity contribution in [2.45, 2.75) is 0 Å². The topological polar surface area (TPSA) is 55.6 Å². The molecule has 3 heterocycles. The summed E-state index contributed by atoms with van der Waals surface area (Å²) in [5, 5.41) is 6.69. The third kappa shape index (κ3) is 5.21. The van der Waals surface area contributed by atoms with Gasteiger partial charge in [0.25, 0.3) is 0 Å². The van der Waals surface area contributed by atoms with E-state index < -0.39 is 0 Å². The first kappa shape index (κ1) is 32.4. The monoisotopic (exact) mass is 744 g/mol. The summed E-state index contributed by atoms with van der Waals surface area (Å²) in [7, 11) is 0. The Balaban J connectivity index is 0.938. The number of fused-ring (bicyclic) bond motifs is 8. The maximum absolute atomic E-state index is 6.44. The normalized spacial score (nSPS) is 11.8. The summed E-state index contributed by atoms with van der Waals surface area (Å²) in [6.07, 6.45) is 0. The van der Waals surface area contributed by atoms with Crippen molar-refractivity contribution in [1.82, 2.24) is 4.98 Å². The summed E-state index contributed by atoms with van der Waals surface area (Å²) < 4.78 is 19.0. The third-order valence-electron chi connectivity index (χ3n) is 11.3. The number of anilines is 3. The van der Waals surface area contributed by atoms with Crippen LogP contribution in [0.15, 0.2) is 207 Å². The summed E-state index contributed by atoms with van der Waals surface area (Å²) in [5.41, 5.74) is 13.5. The second-order valence-electron chi connectivity index (χ2n) is 14.7. The highest BCUT2D eigenvalue weighted by molar-refractivity contribution is 6.13. The predicted octanol–water partition coefficient (Wildman–Crippen LogP) is 15.3. The van der Waals surface area contributed by atoms with E-state index in [1.54, 1.807) is 0 Å². The first-order chi connectivity index (χ1) is 28.7. The van der Waals surface area contributed by atoms with Crippen LogP contribution in [0, 0.1) is 0 Å². The van der Waals surface area contributed by atoms with Gasteiger partial charge >= 0.3 is 0 Å². The van der Waals surface area contributed by atoms with Gasteiger partial charge in [0.05, 0.1) is 11.1 Å². The number of hydrogen-bond acceptors (Lipinski definition) is 5. The van der Waals surface area contributed by atoms with Crippen molar-refractivity contribution in [2.75, 3.05) is 4.90 Å². The molecule has 5 heteroatoms. The van der Waals surface area contributed by atoms with Crippen molar-refractivity contribution in [3.63, 3.8) is 0 Å². The van der Waals surface area contributed by atoms with Gasteiger partial charge in [0.2, 0.25) is 5.89 Å². The molecule has 0 amide bonds. The van der Waals surface area contributed by atoms with E-state index in [1.807, 2.05) is 54.6 Å². The first-order valence-corrected chi connectivity index (χ1v) is 19.4. The molecule has 0 unspecified atom stereocenters. The van der Waals surface area contributed by atoms with E-state index in [1.165, 1.54) is 21.9 Å². The van der Waals surface area contributed by atoms with E-state index in [9.17, 15) is 0 Å². The van der Waals surface area contributed by atoms with Gasteiger partial charge in [0.1, 0.15) is 27.8 Å². The minimum atomic E-state index is 0.601. The molecule has 12 rings (SSSR count). The van der Waals surface area contributed by atoms with Gasteiger partial charge in [-0.05, 0) is 106 Å². The number of aromatic nitrogens is 1. The fourth-order valence-corrected chi connectivity index (χ4v) is 8.52. The molecule has 0 aliphatic heterocycles. The Labute approximate surface area is 332 Å². The highest BCUT2D eigenvalue weighted by Gasteiger charge is 2.20. The van der Waals surface area contributed by atoms with Crippen LogP contribution in [0.3, 0.4) is 0 Å². The molecule has 9 aromatic carbocycles. The molecule has 0 N–H and O–H groups in total. The van der Waals surface area contributed by atoms with Crippen LogP contribution in [-0.2, 0) is 0 Å². The Bertz CT molecular complexity index is 3500. The van der Waals surface area contributed by atoms with Crippen LogP contribution >= 0.6 is 0 Å². The molecule has 12 aromatic rings. The zero-order chi connectivity index (χ0) is 38.2. The summed E-state index contributed by atoms with van der Waals surface area (Å²) in [6, 6.07) is 67.7. The number of hydrogen-bond donors (Lipinski definition) is 0. The number of furan rings is 2. The quantitative estimate of drug-likeness (QED) is 0.170. The van der Waals surface area contributed by atoms with Crippen molar-refractivity contribution in [2.24, 2.45) is 0 Å². The fourth-order valence-electron chi connectivity index (χ4n) is 8.52. The largest absolute Gasteiger partial charge is 0.456 e. The maximum Gasteiger partial charge on any atom is 0.227 e. The molecule has 0 radical (unpaired) electrons. The van der Waals surface area contributed by atoms with Crippen LogP contribution < -0.4 is 4.90 Å². The van der Waals surface area contributed by atoms with Gasteiger partial charge in [0, 0.05) is 39.2 Å². The number of para-hydroxylation sites is 1. The smallest absolute Gasteiger partial charge is 0.227 e. The van der Waals surface area contributed by atoms with Crippen LogP contribution in [0.25, 0.3) is 99.5 Å². The molecule has 0 aliphatic rings. The Morgan fingerprint density at radius 3 is 1.86 bits per heavy atom. The lowest BCUT2D eigenvalue weighted by molar-refractivity contribution is 0.617. The zero-order valence-electron chi connectivity index (χ0n) is 31.1. The highest BCUT2D eigenvalue weighted by Crippen LogP contribution is 2.44. The van der Waals surface area contributed by atoms with Crippen LogP contribution in [0.1, 0.15) is 0 Å². The first-order valence-electron chi connectivity index (χ1n) is 19.4. The van der Waals surface area contributed by atoms with Gasteiger partial charge < -0.3 is 18.2 Å². The molecule has 272 valence electrons. The van der Waals surface area contributed by atoms with Crippen molar-refractivity contribution < 1.29 is 13.3 Å². The minimum absolute atomic E-state index is 0.601. The molecule has 58 heavy (non-hydrogen) atoms. The molecule has 0 fully saturated rings. The van der Waals surface area contributed by atoms with Crippen molar-refractivity contribution in [1.29, 1.82) is 0 Å². The third-order valence-corrected chi connectivity index (χ3v) is 11.3. The summed E-state index contributed by atoms with van der Waals surface area (Å²) >= 11 is 0.